The van der Waals surface area contributed by atoms with Gasteiger partial charge in [0.1, 0.15) is 6.17 Å². The molecule has 1 heterocycles. The fourth-order valence-corrected chi connectivity index (χ4v) is 1.45. The van der Waals surface area contributed by atoms with Crippen molar-refractivity contribution in [2.45, 2.75) is 12.6 Å². The molecule has 0 spiro atoms. The van der Waals surface area contributed by atoms with E-state index in [1.807, 2.05) is 0 Å². The van der Waals surface area contributed by atoms with E-state index in [4.69, 9.17) is 5.73 Å². The molecule has 68 valence electrons. The first-order valence-electron chi connectivity index (χ1n) is 4.02. The van der Waals surface area contributed by atoms with Crippen molar-refractivity contribution in [2.75, 3.05) is 0 Å². The van der Waals surface area contributed by atoms with E-state index in [2.05, 4.69) is 4.98 Å². The van der Waals surface area contributed by atoms with Crippen LogP contribution in [0.15, 0.2) is 23.0 Å². The maximum atomic E-state index is 13.3. The van der Waals surface area contributed by atoms with Crippen molar-refractivity contribution in [1.29, 1.82) is 0 Å². The van der Waals surface area contributed by atoms with Crippen LogP contribution in [0.5, 0.6) is 0 Å². The molecule has 1 atom stereocenters. The molecular weight excluding hydrogens is 171 g/mol. The second-order valence-corrected chi connectivity index (χ2v) is 3.01. The van der Waals surface area contributed by atoms with Crippen molar-refractivity contribution >= 4 is 5.70 Å². The van der Waals surface area contributed by atoms with Crippen LogP contribution in [0.3, 0.4) is 0 Å². The number of hydrogen-bond acceptors (Lipinski definition) is 2. The van der Waals surface area contributed by atoms with Gasteiger partial charge in [0.15, 0.2) is 0 Å². The molecule has 1 aliphatic rings. The van der Waals surface area contributed by atoms with Crippen LogP contribution in [0, 0.1) is 0 Å². The molecule has 0 radical (unpaired) electrons. The Morgan fingerprint density at radius 2 is 2.31 bits per heavy atom. The highest BCUT2D eigenvalue weighted by molar-refractivity contribution is 5.66. The minimum absolute atomic E-state index is 0.235. The molecule has 1 aliphatic carbocycles. The van der Waals surface area contributed by atoms with E-state index in [1.165, 1.54) is 6.07 Å². The second kappa shape index (κ2) is 2.73. The number of pyridine rings is 1. The van der Waals surface area contributed by atoms with Gasteiger partial charge in [-0.2, -0.15) is 0 Å². The normalized spacial score (nSPS) is 20.7. The van der Waals surface area contributed by atoms with E-state index in [1.54, 1.807) is 12.1 Å². The van der Waals surface area contributed by atoms with Crippen molar-refractivity contribution in [1.82, 2.24) is 4.98 Å². The lowest BCUT2D eigenvalue weighted by molar-refractivity contribution is 0.335. The molecule has 0 bridgehead atoms. The summed E-state index contributed by atoms with van der Waals surface area (Å²) in [5.74, 6) is 0. The summed E-state index contributed by atoms with van der Waals surface area (Å²) in [7, 11) is 0. The smallest absolute Gasteiger partial charge is 0.248 e. The first-order chi connectivity index (χ1) is 6.18. The van der Waals surface area contributed by atoms with E-state index in [-0.39, 0.29) is 12.0 Å². The van der Waals surface area contributed by atoms with E-state index in [9.17, 15) is 9.18 Å². The van der Waals surface area contributed by atoms with Crippen molar-refractivity contribution < 1.29 is 4.39 Å². The van der Waals surface area contributed by atoms with Gasteiger partial charge in [0.25, 0.3) is 0 Å². The number of halogens is 1. The van der Waals surface area contributed by atoms with Gasteiger partial charge >= 0.3 is 0 Å². The van der Waals surface area contributed by atoms with Crippen molar-refractivity contribution in [3.05, 3.63) is 39.8 Å². The number of hydrogen-bond donors (Lipinski definition) is 2. The molecular formula is C9H9FN2O. The van der Waals surface area contributed by atoms with Gasteiger partial charge in [-0.1, -0.05) is 6.08 Å². The van der Waals surface area contributed by atoms with Crippen LogP contribution in [0.2, 0.25) is 0 Å². The number of alkyl halides is 1. The fraction of sp³-hybridized carbons (Fsp3) is 0.222. The summed E-state index contributed by atoms with van der Waals surface area (Å²) in [6.45, 7) is 0. The Morgan fingerprint density at radius 3 is 3.08 bits per heavy atom. The number of fused-ring (bicyclic) bond motifs is 1. The summed E-state index contributed by atoms with van der Waals surface area (Å²) < 4.78 is 13.3. The predicted molar refractivity (Wildman–Crippen MR) is 47.7 cm³/mol. The van der Waals surface area contributed by atoms with Gasteiger partial charge in [0, 0.05) is 23.7 Å². The zero-order valence-corrected chi connectivity index (χ0v) is 6.88. The molecule has 0 aromatic carbocycles. The highest BCUT2D eigenvalue weighted by Gasteiger charge is 2.20. The number of nitrogens with one attached hydrogen (secondary N) is 1. The highest BCUT2D eigenvalue weighted by Crippen LogP contribution is 2.30. The Kier molecular flexibility index (Phi) is 1.69. The largest absolute Gasteiger partial charge is 0.398 e. The van der Waals surface area contributed by atoms with Crippen molar-refractivity contribution in [3.63, 3.8) is 0 Å². The quantitative estimate of drug-likeness (QED) is 0.627. The standard InChI is InChI=1S/C9H9FN2O/c10-6-2-3-7(11)5-1-4-8(13)12-9(5)6/h1,3-4,6H,2,11H2,(H,12,13). The number of aromatic nitrogens is 1. The van der Waals surface area contributed by atoms with Crippen molar-refractivity contribution in [2.24, 2.45) is 5.73 Å². The molecule has 1 unspecified atom stereocenters. The van der Waals surface area contributed by atoms with E-state index < -0.39 is 6.17 Å². The topological polar surface area (TPSA) is 58.9 Å². The number of nitrogens with two attached hydrogens (primary N) is 1. The third kappa shape index (κ3) is 1.24. The van der Waals surface area contributed by atoms with Crippen LogP contribution in [0.4, 0.5) is 4.39 Å². The van der Waals surface area contributed by atoms with Crippen LogP contribution >= 0.6 is 0 Å². The molecule has 13 heavy (non-hydrogen) atoms. The minimum atomic E-state index is -1.14. The Morgan fingerprint density at radius 1 is 1.54 bits per heavy atom. The maximum absolute atomic E-state index is 13.3. The molecule has 1 aromatic heterocycles. The first kappa shape index (κ1) is 8.04. The Balaban J connectivity index is 2.66. The lowest BCUT2D eigenvalue weighted by Gasteiger charge is -2.16. The molecule has 0 amide bonds. The van der Waals surface area contributed by atoms with Crippen molar-refractivity contribution in [3.8, 4) is 0 Å². The van der Waals surface area contributed by atoms with Crippen LogP contribution in [-0.4, -0.2) is 4.98 Å². The van der Waals surface area contributed by atoms with E-state index >= 15 is 0 Å². The number of aromatic amines is 1. The van der Waals surface area contributed by atoms with Gasteiger partial charge in [0.2, 0.25) is 5.56 Å². The minimum Gasteiger partial charge on any atom is -0.398 e. The van der Waals surface area contributed by atoms with E-state index in [0.29, 0.717) is 17.0 Å². The molecule has 0 aliphatic heterocycles. The summed E-state index contributed by atoms with van der Waals surface area (Å²) >= 11 is 0. The van der Waals surface area contributed by atoms with Gasteiger partial charge in [-0.3, -0.25) is 4.79 Å². The Labute approximate surface area is 74.1 Å². The number of allylic oxidation sites excluding steroid dienone is 1. The first-order valence-corrected chi connectivity index (χ1v) is 4.02. The Hall–Kier alpha value is -1.58. The third-order valence-corrected chi connectivity index (χ3v) is 2.12. The lowest BCUT2D eigenvalue weighted by Crippen LogP contribution is -2.16. The SMILES string of the molecule is NC1=CCC(F)c2[nH]c(=O)ccc21. The molecule has 4 heteroatoms. The number of rotatable bonds is 0. The zero-order valence-electron chi connectivity index (χ0n) is 6.88. The van der Waals surface area contributed by atoms with Crippen LogP contribution in [0.25, 0.3) is 5.70 Å². The predicted octanol–water partition coefficient (Wildman–Crippen LogP) is 1.09. The van der Waals surface area contributed by atoms with Gasteiger partial charge in [-0.15, -0.1) is 0 Å². The summed E-state index contributed by atoms with van der Waals surface area (Å²) in [4.78, 5) is 13.4. The van der Waals surface area contributed by atoms with Gasteiger partial charge in [-0.25, -0.2) is 4.39 Å². The average molecular weight is 180 g/mol. The van der Waals surface area contributed by atoms with Gasteiger partial charge in [0.05, 0.1) is 5.69 Å². The number of H-pyrrole nitrogens is 1. The van der Waals surface area contributed by atoms with Gasteiger partial charge < -0.3 is 10.7 Å². The molecule has 0 saturated heterocycles. The summed E-state index contributed by atoms with van der Waals surface area (Å²) in [5, 5.41) is 0. The molecule has 3 nitrogen and oxygen atoms in total. The Bertz CT molecular complexity index is 422. The molecule has 3 N–H and O–H groups in total. The fourth-order valence-electron chi connectivity index (χ4n) is 1.45. The highest BCUT2D eigenvalue weighted by atomic mass is 19.1. The molecule has 2 rings (SSSR count). The van der Waals surface area contributed by atoms with Crippen LogP contribution in [0.1, 0.15) is 23.8 Å². The third-order valence-electron chi connectivity index (χ3n) is 2.12. The zero-order chi connectivity index (χ0) is 9.42. The van der Waals surface area contributed by atoms with E-state index in [0.717, 1.165) is 0 Å². The monoisotopic (exact) mass is 180 g/mol. The lowest BCUT2D eigenvalue weighted by atomic mass is 9.99. The average Bonchev–Trinajstić information content (AvgIpc) is 2.12. The summed E-state index contributed by atoms with van der Waals surface area (Å²) in [5.41, 5.74) is 6.76. The van der Waals surface area contributed by atoms with Gasteiger partial charge in [-0.05, 0) is 6.07 Å². The molecule has 0 fully saturated rings. The summed E-state index contributed by atoms with van der Waals surface area (Å²) in [6, 6.07) is 2.89. The molecule has 1 aromatic rings. The van der Waals surface area contributed by atoms with Crippen LogP contribution in [-0.2, 0) is 0 Å². The second-order valence-electron chi connectivity index (χ2n) is 3.01. The van der Waals surface area contributed by atoms with Crippen LogP contribution < -0.4 is 11.3 Å². The summed E-state index contributed by atoms with van der Waals surface area (Å²) in [6.07, 6.45) is 0.723. The maximum Gasteiger partial charge on any atom is 0.248 e. The molecule has 0 saturated carbocycles.